The molecule has 2 fully saturated rings. The number of rotatable bonds is 2. The molecule has 1 saturated heterocycles. The van der Waals surface area contributed by atoms with Crippen LogP contribution in [0.3, 0.4) is 0 Å². The Morgan fingerprint density at radius 3 is 2.62 bits per heavy atom. The van der Waals surface area contributed by atoms with Crippen LogP contribution in [0.15, 0.2) is 24.3 Å². The normalized spacial score (nSPS) is 27.7. The first-order chi connectivity index (χ1) is 11.3. The molecule has 0 aromatic heterocycles. The Kier molecular flexibility index (Phi) is 4.05. The van der Waals surface area contributed by atoms with Gasteiger partial charge in [0.05, 0.1) is 12.1 Å². The van der Waals surface area contributed by atoms with Crippen molar-refractivity contribution >= 4 is 11.9 Å². The van der Waals surface area contributed by atoms with Crippen LogP contribution in [-0.2, 0) is 17.5 Å². The van der Waals surface area contributed by atoms with Gasteiger partial charge in [0.15, 0.2) is 0 Å². The highest BCUT2D eigenvalue weighted by Crippen LogP contribution is 2.39. The standard InChI is InChI=1S/C17H19F3N2O2/c1-11-6-4-5-9-16(11)14(23)22(15(24)21-16)10-12-7-2-3-8-13(12)17(18,19)20/h2-3,7-8,11H,4-6,9-10H2,1H3,(H,21,24)/t11-,16-/m0/s1. The summed E-state index contributed by atoms with van der Waals surface area (Å²) in [6.45, 7) is 1.54. The van der Waals surface area contributed by atoms with E-state index < -0.39 is 29.2 Å². The summed E-state index contributed by atoms with van der Waals surface area (Å²) >= 11 is 0. The number of nitrogens with zero attached hydrogens (tertiary/aromatic N) is 1. The Hall–Kier alpha value is -2.05. The maximum atomic E-state index is 13.1. The summed E-state index contributed by atoms with van der Waals surface area (Å²) in [7, 11) is 0. The monoisotopic (exact) mass is 340 g/mol. The van der Waals surface area contributed by atoms with Gasteiger partial charge in [0.1, 0.15) is 5.54 Å². The highest BCUT2D eigenvalue weighted by Gasteiger charge is 2.55. The molecule has 130 valence electrons. The molecular formula is C17H19F3N2O2. The van der Waals surface area contributed by atoms with Crippen molar-refractivity contribution in [2.75, 3.05) is 0 Å². The molecule has 0 radical (unpaired) electrons. The molecule has 4 nitrogen and oxygen atoms in total. The van der Waals surface area contributed by atoms with Crippen LogP contribution in [0.1, 0.15) is 43.7 Å². The summed E-state index contributed by atoms with van der Waals surface area (Å²) in [5.74, 6) is -0.428. The first-order valence-electron chi connectivity index (χ1n) is 8.05. The van der Waals surface area contributed by atoms with Gasteiger partial charge in [0.2, 0.25) is 0 Å². The Morgan fingerprint density at radius 1 is 1.25 bits per heavy atom. The Labute approximate surface area is 138 Å². The summed E-state index contributed by atoms with van der Waals surface area (Å²) in [6, 6.07) is 4.43. The van der Waals surface area contributed by atoms with Crippen molar-refractivity contribution in [1.82, 2.24) is 10.2 Å². The lowest BCUT2D eigenvalue weighted by Gasteiger charge is -2.36. The summed E-state index contributed by atoms with van der Waals surface area (Å²) in [4.78, 5) is 26.0. The van der Waals surface area contributed by atoms with Crippen LogP contribution in [0.4, 0.5) is 18.0 Å². The van der Waals surface area contributed by atoms with E-state index in [0.29, 0.717) is 6.42 Å². The number of nitrogens with one attached hydrogen (secondary N) is 1. The number of halogens is 3. The lowest BCUT2D eigenvalue weighted by atomic mass is 9.73. The first-order valence-corrected chi connectivity index (χ1v) is 8.05. The molecule has 0 unspecified atom stereocenters. The number of amides is 3. The number of carbonyl (C=O) groups excluding carboxylic acids is 2. The second kappa shape index (κ2) is 5.79. The van der Waals surface area contributed by atoms with Gasteiger partial charge in [-0.05, 0) is 30.4 Å². The maximum Gasteiger partial charge on any atom is 0.416 e. The van der Waals surface area contributed by atoms with Gasteiger partial charge in [-0.2, -0.15) is 13.2 Å². The van der Waals surface area contributed by atoms with Crippen LogP contribution >= 0.6 is 0 Å². The lowest BCUT2D eigenvalue weighted by molar-refractivity contribution is -0.140. The van der Waals surface area contributed by atoms with E-state index in [2.05, 4.69) is 5.32 Å². The molecule has 1 aliphatic heterocycles. The van der Waals surface area contributed by atoms with Gasteiger partial charge in [-0.15, -0.1) is 0 Å². The van der Waals surface area contributed by atoms with Gasteiger partial charge in [0, 0.05) is 0 Å². The molecule has 0 bridgehead atoms. The number of hydrogen-bond acceptors (Lipinski definition) is 2. The average molecular weight is 340 g/mol. The maximum absolute atomic E-state index is 13.1. The molecule has 7 heteroatoms. The highest BCUT2D eigenvalue weighted by molar-refractivity contribution is 6.07. The van der Waals surface area contributed by atoms with Gasteiger partial charge in [0.25, 0.3) is 5.91 Å². The number of benzene rings is 1. The topological polar surface area (TPSA) is 49.4 Å². The van der Waals surface area contributed by atoms with Crippen molar-refractivity contribution in [3.8, 4) is 0 Å². The molecule has 2 atom stereocenters. The zero-order valence-corrected chi connectivity index (χ0v) is 13.3. The van der Waals surface area contributed by atoms with Gasteiger partial charge in [-0.1, -0.05) is 38.0 Å². The molecule has 1 spiro atoms. The average Bonchev–Trinajstić information content (AvgIpc) is 2.75. The van der Waals surface area contributed by atoms with Crippen LogP contribution in [0.2, 0.25) is 0 Å². The Bertz CT molecular complexity index is 674. The minimum absolute atomic E-state index is 0.0226. The molecule has 1 N–H and O–H groups in total. The van der Waals surface area contributed by atoms with E-state index in [9.17, 15) is 22.8 Å². The molecule has 1 aromatic carbocycles. The second-order valence-electron chi connectivity index (χ2n) is 6.59. The minimum atomic E-state index is -4.52. The van der Waals surface area contributed by atoms with Crippen LogP contribution < -0.4 is 5.32 Å². The van der Waals surface area contributed by atoms with Crippen molar-refractivity contribution < 1.29 is 22.8 Å². The van der Waals surface area contributed by atoms with Crippen molar-refractivity contribution in [1.29, 1.82) is 0 Å². The van der Waals surface area contributed by atoms with Gasteiger partial charge < -0.3 is 5.32 Å². The highest BCUT2D eigenvalue weighted by atomic mass is 19.4. The zero-order chi connectivity index (χ0) is 17.5. The predicted octanol–water partition coefficient (Wildman–Crippen LogP) is 3.71. The third kappa shape index (κ3) is 2.65. The first kappa shape index (κ1) is 16.8. The largest absolute Gasteiger partial charge is 0.416 e. The van der Waals surface area contributed by atoms with Gasteiger partial charge >= 0.3 is 12.2 Å². The summed E-state index contributed by atoms with van der Waals surface area (Å²) < 4.78 is 39.4. The second-order valence-corrected chi connectivity index (χ2v) is 6.59. The van der Waals surface area contributed by atoms with E-state index in [1.54, 1.807) is 0 Å². The molecule has 3 amide bonds. The molecule has 1 saturated carbocycles. The predicted molar refractivity (Wildman–Crippen MR) is 80.9 cm³/mol. The van der Waals surface area contributed by atoms with Gasteiger partial charge in [-0.25, -0.2) is 4.79 Å². The SMILES string of the molecule is C[C@H]1CCCC[C@]12NC(=O)N(Cc1ccccc1C(F)(F)F)C2=O. The number of alkyl halides is 3. The van der Waals surface area contributed by atoms with Crippen molar-refractivity contribution in [2.45, 2.75) is 50.9 Å². The van der Waals surface area contributed by atoms with Crippen LogP contribution in [0, 0.1) is 5.92 Å². The number of imide groups is 1. The number of urea groups is 1. The molecule has 2 aliphatic rings. The number of carbonyl (C=O) groups is 2. The molecule has 1 aliphatic carbocycles. The Balaban J connectivity index is 1.89. The van der Waals surface area contributed by atoms with Crippen molar-refractivity contribution in [2.24, 2.45) is 5.92 Å². The van der Waals surface area contributed by atoms with E-state index in [0.717, 1.165) is 30.2 Å². The molecule has 24 heavy (non-hydrogen) atoms. The van der Waals surface area contributed by atoms with E-state index in [1.807, 2.05) is 6.92 Å². The van der Waals surface area contributed by atoms with E-state index in [1.165, 1.54) is 18.2 Å². The fourth-order valence-electron chi connectivity index (χ4n) is 3.74. The number of hydrogen-bond donors (Lipinski definition) is 1. The van der Waals surface area contributed by atoms with E-state index in [-0.39, 0.29) is 18.0 Å². The van der Waals surface area contributed by atoms with Crippen LogP contribution in [0.25, 0.3) is 0 Å². The van der Waals surface area contributed by atoms with Crippen LogP contribution in [0.5, 0.6) is 0 Å². The molecule has 1 heterocycles. The Morgan fingerprint density at radius 2 is 1.96 bits per heavy atom. The molecule has 3 rings (SSSR count). The van der Waals surface area contributed by atoms with Crippen molar-refractivity contribution in [3.63, 3.8) is 0 Å². The van der Waals surface area contributed by atoms with Gasteiger partial charge in [-0.3, -0.25) is 9.69 Å². The fourth-order valence-corrected chi connectivity index (χ4v) is 3.74. The third-order valence-corrected chi connectivity index (χ3v) is 5.15. The smallest absolute Gasteiger partial charge is 0.323 e. The summed E-state index contributed by atoms with van der Waals surface area (Å²) in [5, 5.41) is 2.75. The van der Waals surface area contributed by atoms with E-state index >= 15 is 0 Å². The van der Waals surface area contributed by atoms with Crippen LogP contribution in [-0.4, -0.2) is 22.4 Å². The zero-order valence-electron chi connectivity index (χ0n) is 13.3. The fraction of sp³-hybridized carbons (Fsp3) is 0.529. The summed E-state index contributed by atoms with van der Waals surface area (Å²) in [5.41, 5.74) is -1.85. The quantitative estimate of drug-likeness (QED) is 0.835. The summed E-state index contributed by atoms with van der Waals surface area (Å²) in [6.07, 6.45) is -1.35. The minimum Gasteiger partial charge on any atom is -0.323 e. The van der Waals surface area contributed by atoms with Crippen molar-refractivity contribution in [3.05, 3.63) is 35.4 Å². The molecule has 1 aromatic rings. The molecular weight excluding hydrogens is 321 g/mol. The van der Waals surface area contributed by atoms with E-state index in [4.69, 9.17) is 0 Å². The third-order valence-electron chi connectivity index (χ3n) is 5.15. The lowest BCUT2D eigenvalue weighted by Crippen LogP contribution is -2.53.